The van der Waals surface area contributed by atoms with Crippen LogP contribution in [0.2, 0.25) is 0 Å². The molecule has 4 aromatic rings. The Morgan fingerprint density at radius 2 is 1.94 bits per heavy atom. The molecule has 0 aliphatic rings. The highest BCUT2D eigenvalue weighted by atomic mass is 32.2. The number of hydrogen-bond donors (Lipinski definition) is 0. The summed E-state index contributed by atoms with van der Waals surface area (Å²) in [7, 11) is -1.90. The molecule has 0 atom stereocenters. The maximum Gasteiger partial charge on any atom is 0.238 e. The fourth-order valence-corrected chi connectivity index (χ4v) is 4.22. The Labute approximate surface area is 185 Å². The van der Waals surface area contributed by atoms with E-state index in [1.807, 2.05) is 32.0 Å². The Morgan fingerprint density at radius 3 is 2.59 bits per heavy atom. The third-order valence-electron chi connectivity index (χ3n) is 5.08. The monoisotopic (exact) mass is 452 g/mol. The van der Waals surface area contributed by atoms with Crippen molar-refractivity contribution in [2.45, 2.75) is 18.7 Å². The number of nitrogens with zero attached hydrogens (tertiary/aromatic N) is 4. The van der Waals surface area contributed by atoms with Gasteiger partial charge in [-0.15, -0.1) is 5.10 Å². The summed E-state index contributed by atoms with van der Waals surface area (Å²) in [6.07, 6.45) is 2.66. The van der Waals surface area contributed by atoms with Crippen LogP contribution >= 0.6 is 0 Å². The smallest absolute Gasteiger partial charge is 0.238 e. The molecule has 2 heterocycles. The van der Waals surface area contributed by atoms with E-state index in [1.165, 1.54) is 28.8 Å². The van der Waals surface area contributed by atoms with E-state index in [4.69, 9.17) is 4.74 Å². The van der Waals surface area contributed by atoms with Gasteiger partial charge in [0.05, 0.1) is 11.9 Å². The zero-order valence-electron chi connectivity index (χ0n) is 18.0. The lowest BCUT2D eigenvalue weighted by atomic mass is 10.0. The number of sulfone groups is 1. The summed E-state index contributed by atoms with van der Waals surface area (Å²) < 4.78 is 45.6. The van der Waals surface area contributed by atoms with Gasteiger partial charge in [0.15, 0.2) is 15.5 Å². The molecule has 164 valence electrons. The van der Waals surface area contributed by atoms with Crippen molar-refractivity contribution in [3.8, 4) is 22.9 Å². The highest BCUT2D eigenvalue weighted by Crippen LogP contribution is 2.29. The predicted octanol–water partition coefficient (Wildman–Crippen LogP) is 4.48. The molecule has 0 saturated heterocycles. The second-order valence-electron chi connectivity index (χ2n) is 7.40. The number of aliphatic imine (C=N–C) groups is 1. The Kier molecular flexibility index (Phi) is 5.52. The Bertz CT molecular complexity index is 1480. The average molecular weight is 453 g/mol. The largest absolute Gasteiger partial charge is 0.437 e. The van der Waals surface area contributed by atoms with E-state index < -0.39 is 15.7 Å². The lowest BCUT2D eigenvalue weighted by molar-refractivity contribution is 0.446. The first kappa shape index (κ1) is 21.6. The number of hydrogen-bond acceptors (Lipinski definition) is 6. The van der Waals surface area contributed by atoms with Crippen molar-refractivity contribution < 1.29 is 17.5 Å². The van der Waals surface area contributed by atoms with Crippen LogP contribution in [-0.2, 0) is 9.84 Å². The van der Waals surface area contributed by atoms with Gasteiger partial charge in [-0.3, -0.25) is 4.99 Å². The van der Waals surface area contributed by atoms with Crippen molar-refractivity contribution in [1.29, 1.82) is 0 Å². The minimum absolute atomic E-state index is 0.00470. The second kappa shape index (κ2) is 8.16. The highest BCUT2D eigenvalue weighted by Gasteiger charge is 2.20. The van der Waals surface area contributed by atoms with Gasteiger partial charge in [-0.25, -0.2) is 22.3 Å². The van der Waals surface area contributed by atoms with Gasteiger partial charge >= 0.3 is 0 Å². The van der Waals surface area contributed by atoms with Crippen LogP contribution < -0.4 is 4.74 Å². The van der Waals surface area contributed by atoms with Crippen LogP contribution in [0.1, 0.15) is 18.1 Å². The third kappa shape index (κ3) is 4.11. The van der Waals surface area contributed by atoms with Gasteiger partial charge in [0.1, 0.15) is 16.5 Å². The van der Waals surface area contributed by atoms with Crippen molar-refractivity contribution in [1.82, 2.24) is 14.6 Å². The predicted molar refractivity (Wildman–Crippen MR) is 121 cm³/mol. The summed E-state index contributed by atoms with van der Waals surface area (Å²) in [5.74, 6) is -0.269. The molecule has 0 aliphatic carbocycles. The van der Waals surface area contributed by atoms with Crippen molar-refractivity contribution in [3.63, 3.8) is 0 Å². The van der Waals surface area contributed by atoms with Gasteiger partial charge in [0, 0.05) is 36.7 Å². The topological polar surface area (TPSA) is 85.9 Å². The summed E-state index contributed by atoms with van der Waals surface area (Å²) >= 11 is 0. The van der Waals surface area contributed by atoms with E-state index in [9.17, 15) is 12.8 Å². The van der Waals surface area contributed by atoms with Gasteiger partial charge in [-0.1, -0.05) is 18.2 Å². The molecule has 0 fully saturated rings. The molecule has 32 heavy (non-hydrogen) atoms. The number of benzene rings is 2. The highest BCUT2D eigenvalue weighted by molar-refractivity contribution is 7.91. The normalized spacial score (nSPS) is 12.3. The number of imidazole rings is 1. The fraction of sp³-hybridized carbons (Fsp3) is 0.174. The Morgan fingerprint density at radius 1 is 1.16 bits per heavy atom. The van der Waals surface area contributed by atoms with Gasteiger partial charge in [-0.05, 0) is 43.2 Å². The number of ether oxygens (including phenoxy) is 1. The zero-order valence-corrected chi connectivity index (χ0v) is 18.8. The Hall–Kier alpha value is -3.59. The lowest BCUT2D eigenvalue weighted by Gasteiger charge is -2.11. The van der Waals surface area contributed by atoms with Gasteiger partial charge in [-0.2, -0.15) is 0 Å². The first-order valence-corrected chi connectivity index (χ1v) is 11.6. The molecule has 0 saturated carbocycles. The summed E-state index contributed by atoms with van der Waals surface area (Å²) in [5.41, 5.74) is 4.52. The average Bonchev–Trinajstić information content (AvgIpc) is 3.15. The molecule has 2 aromatic carbocycles. The van der Waals surface area contributed by atoms with Crippen molar-refractivity contribution in [3.05, 3.63) is 71.7 Å². The van der Waals surface area contributed by atoms with E-state index in [0.717, 1.165) is 28.7 Å². The lowest BCUT2D eigenvalue weighted by Crippen LogP contribution is -2.06. The van der Waals surface area contributed by atoms with E-state index >= 15 is 0 Å². The standard InChI is InChI=1S/C23H21FN4O3S/c1-14-10-16(8-9-19(14)15(2)25-3)20-13-26-23-21(32(4,29)30)12-22(27-28(20)23)31-18-7-5-6-17(24)11-18/h5-13H,1-4H3. The first-order valence-electron chi connectivity index (χ1n) is 9.74. The number of halogens is 1. The molecule has 0 unspecified atom stereocenters. The molecule has 2 aromatic heterocycles. The zero-order chi connectivity index (χ0) is 23.0. The molecule has 0 spiro atoms. The molecule has 0 N–H and O–H groups in total. The van der Waals surface area contributed by atoms with Gasteiger partial charge in [0.2, 0.25) is 5.88 Å². The van der Waals surface area contributed by atoms with Crippen LogP contribution in [0.3, 0.4) is 0 Å². The van der Waals surface area contributed by atoms with Crippen LogP contribution in [0.4, 0.5) is 4.39 Å². The molecular weight excluding hydrogens is 431 g/mol. The van der Waals surface area contributed by atoms with Crippen LogP contribution in [0, 0.1) is 12.7 Å². The summed E-state index contributed by atoms with van der Waals surface area (Å²) in [6, 6.07) is 12.7. The quantitative estimate of drug-likeness (QED) is 0.417. The molecular formula is C23H21FN4O3S. The molecule has 9 heteroatoms. The first-order chi connectivity index (χ1) is 15.2. The molecule has 4 rings (SSSR count). The van der Waals surface area contributed by atoms with Gasteiger partial charge < -0.3 is 4.74 Å². The Balaban J connectivity index is 1.89. The van der Waals surface area contributed by atoms with E-state index in [2.05, 4.69) is 15.1 Å². The number of aryl methyl sites for hydroxylation is 1. The van der Waals surface area contributed by atoms with Crippen molar-refractivity contribution in [2.24, 2.45) is 4.99 Å². The number of rotatable bonds is 5. The van der Waals surface area contributed by atoms with Crippen LogP contribution in [-0.4, -0.2) is 42.0 Å². The fourth-order valence-electron chi connectivity index (χ4n) is 3.44. The molecule has 7 nitrogen and oxygen atoms in total. The maximum atomic E-state index is 13.6. The van der Waals surface area contributed by atoms with Crippen molar-refractivity contribution >= 4 is 21.2 Å². The molecule has 0 bridgehead atoms. The van der Waals surface area contributed by atoms with Crippen LogP contribution in [0.15, 0.2) is 64.6 Å². The van der Waals surface area contributed by atoms with E-state index in [0.29, 0.717) is 5.69 Å². The summed E-state index contributed by atoms with van der Waals surface area (Å²) in [5, 5.41) is 4.44. The SMILES string of the molecule is CN=C(C)c1ccc(-c2cnc3c(S(C)(=O)=O)cc(Oc4cccc(F)c4)nn23)cc1C. The van der Waals surface area contributed by atoms with Crippen LogP contribution in [0.25, 0.3) is 16.9 Å². The molecule has 0 aliphatic heterocycles. The van der Waals surface area contributed by atoms with Gasteiger partial charge in [0.25, 0.3) is 0 Å². The minimum Gasteiger partial charge on any atom is -0.437 e. The summed E-state index contributed by atoms with van der Waals surface area (Å²) in [4.78, 5) is 8.51. The number of aromatic nitrogens is 3. The number of fused-ring (bicyclic) bond motifs is 1. The van der Waals surface area contributed by atoms with E-state index in [-0.39, 0.29) is 22.2 Å². The molecule has 0 amide bonds. The van der Waals surface area contributed by atoms with Crippen molar-refractivity contribution in [2.75, 3.05) is 13.3 Å². The van der Waals surface area contributed by atoms with E-state index in [1.54, 1.807) is 19.3 Å². The second-order valence-corrected chi connectivity index (χ2v) is 9.38. The maximum absolute atomic E-state index is 13.6. The summed E-state index contributed by atoms with van der Waals surface area (Å²) in [6.45, 7) is 3.91. The molecule has 0 radical (unpaired) electrons. The minimum atomic E-state index is -3.64. The third-order valence-corrected chi connectivity index (χ3v) is 6.18. The van der Waals surface area contributed by atoms with Crippen LogP contribution in [0.5, 0.6) is 11.6 Å².